The minimum atomic E-state index is 0.392. The lowest BCUT2D eigenvalue weighted by Gasteiger charge is -2.10. The topological polar surface area (TPSA) is 47.0 Å². The second-order valence-corrected chi connectivity index (χ2v) is 4.85. The van der Waals surface area contributed by atoms with Crippen molar-refractivity contribution < 1.29 is 4.74 Å². The van der Waals surface area contributed by atoms with Crippen LogP contribution in [-0.4, -0.2) is 16.5 Å². The molecule has 5 heteroatoms. The van der Waals surface area contributed by atoms with Gasteiger partial charge in [-0.3, -0.25) is 0 Å². The molecule has 106 valence electrons. The van der Waals surface area contributed by atoms with E-state index in [0.717, 1.165) is 24.3 Å². The summed E-state index contributed by atoms with van der Waals surface area (Å²) < 4.78 is 5.70. The Kier molecular flexibility index (Phi) is 5.18. The van der Waals surface area contributed by atoms with E-state index in [0.29, 0.717) is 23.3 Å². The van der Waals surface area contributed by atoms with Gasteiger partial charge < -0.3 is 10.1 Å². The predicted octanol–water partition coefficient (Wildman–Crippen LogP) is 3.84. The van der Waals surface area contributed by atoms with Crippen molar-refractivity contribution in [2.45, 2.75) is 26.9 Å². The van der Waals surface area contributed by atoms with Crippen LogP contribution in [0, 0.1) is 6.92 Å². The number of rotatable bonds is 6. The van der Waals surface area contributed by atoms with Crippen LogP contribution in [-0.2, 0) is 6.61 Å². The lowest BCUT2D eigenvalue weighted by molar-refractivity contribution is 0.293. The Morgan fingerprint density at radius 3 is 2.80 bits per heavy atom. The molecule has 2 aromatic rings. The highest BCUT2D eigenvalue weighted by Gasteiger charge is 2.04. The van der Waals surface area contributed by atoms with Crippen molar-refractivity contribution in [1.82, 2.24) is 9.97 Å². The van der Waals surface area contributed by atoms with Crippen LogP contribution in [0.4, 0.5) is 5.82 Å². The van der Waals surface area contributed by atoms with E-state index in [1.807, 2.05) is 31.2 Å². The highest BCUT2D eigenvalue weighted by molar-refractivity contribution is 6.31. The van der Waals surface area contributed by atoms with Crippen LogP contribution in [0.25, 0.3) is 0 Å². The number of aryl methyl sites for hydroxylation is 1. The second kappa shape index (κ2) is 7.10. The number of anilines is 1. The third-order valence-electron chi connectivity index (χ3n) is 2.70. The van der Waals surface area contributed by atoms with Crippen LogP contribution in [0.5, 0.6) is 5.88 Å². The molecule has 0 saturated heterocycles. The van der Waals surface area contributed by atoms with Crippen molar-refractivity contribution in [3.63, 3.8) is 0 Å². The first-order valence-corrected chi connectivity index (χ1v) is 7.02. The second-order valence-electron chi connectivity index (χ2n) is 4.45. The summed E-state index contributed by atoms with van der Waals surface area (Å²) in [5, 5.41) is 3.92. The molecule has 1 aromatic heterocycles. The van der Waals surface area contributed by atoms with E-state index in [1.165, 1.54) is 0 Å². The summed E-state index contributed by atoms with van der Waals surface area (Å²) in [4.78, 5) is 8.59. The summed E-state index contributed by atoms with van der Waals surface area (Å²) in [5.41, 5.74) is 0.938. The molecular formula is C15H18ClN3O. The average Bonchev–Trinajstić information content (AvgIpc) is 2.44. The SMILES string of the molecule is CCCNc1cc(OCc2ccccc2Cl)nc(C)n1. The van der Waals surface area contributed by atoms with Crippen molar-refractivity contribution >= 4 is 17.4 Å². The van der Waals surface area contributed by atoms with E-state index in [2.05, 4.69) is 22.2 Å². The summed E-state index contributed by atoms with van der Waals surface area (Å²) >= 11 is 6.10. The number of nitrogens with one attached hydrogen (secondary N) is 1. The first-order valence-electron chi connectivity index (χ1n) is 6.65. The van der Waals surface area contributed by atoms with E-state index in [9.17, 15) is 0 Å². The highest BCUT2D eigenvalue weighted by atomic mass is 35.5. The summed E-state index contributed by atoms with van der Waals surface area (Å²) in [6, 6.07) is 9.42. The van der Waals surface area contributed by atoms with Crippen molar-refractivity contribution in [1.29, 1.82) is 0 Å². The van der Waals surface area contributed by atoms with E-state index in [4.69, 9.17) is 16.3 Å². The van der Waals surface area contributed by atoms with E-state index in [-0.39, 0.29) is 0 Å². The van der Waals surface area contributed by atoms with Gasteiger partial charge in [-0.15, -0.1) is 0 Å². The van der Waals surface area contributed by atoms with Gasteiger partial charge in [0.2, 0.25) is 5.88 Å². The lowest BCUT2D eigenvalue weighted by atomic mass is 10.2. The maximum Gasteiger partial charge on any atom is 0.219 e. The smallest absolute Gasteiger partial charge is 0.219 e. The molecule has 1 heterocycles. The largest absolute Gasteiger partial charge is 0.473 e. The maximum absolute atomic E-state index is 6.10. The Balaban J connectivity index is 2.05. The van der Waals surface area contributed by atoms with Crippen molar-refractivity contribution in [2.24, 2.45) is 0 Å². The number of nitrogens with zero attached hydrogens (tertiary/aromatic N) is 2. The molecule has 0 aliphatic carbocycles. The minimum Gasteiger partial charge on any atom is -0.473 e. The fourth-order valence-corrected chi connectivity index (χ4v) is 1.92. The van der Waals surface area contributed by atoms with E-state index < -0.39 is 0 Å². The molecule has 2 rings (SSSR count). The molecule has 1 aromatic carbocycles. The molecule has 0 aliphatic heterocycles. The average molecular weight is 292 g/mol. The van der Waals surface area contributed by atoms with Crippen LogP contribution in [0.2, 0.25) is 5.02 Å². The van der Waals surface area contributed by atoms with Gasteiger partial charge in [0.15, 0.2) is 0 Å². The van der Waals surface area contributed by atoms with Crippen molar-refractivity contribution in [3.05, 3.63) is 46.7 Å². The molecule has 0 bridgehead atoms. The molecule has 0 fully saturated rings. The molecule has 20 heavy (non-hydrogen) atoms. The molecule has 4 nitrogen and oxygen atoms in total. The maximum atomic E-state index is 6.10. The van der Waals surface area contributed by atoms with Gasteiger partial charge in [-0.2, -0.15) is 4.98 Å². The standard InChI is InChI=1S/C15H18ClN3O/c1-3-8-17-14-9-15(19-11(2)18-14)20-10-12-6-4-5-7-13(12)16/h4-7,9H,3,8,10H2,1-2H3,(H,17,18,19). The molecule has 0 amide bonds. The van der Waals surface area contributed by atoms with Crippen LogP contribution in [0.15, 0.2) is 30.3 Å². The Morgan fingerprint density at radius 1 is 1.25 bits per heavy atom. The Labute approximate surface area is 124 Å². The quantitative estimate of drug-likeness (QED) is 0.878. The molecule has 1 N–H and O–H groups in total. The third kappa shape index (κ3) is 4.10. The summed E-state index contributed by atoms with van der Waals surface area (Å²) in [6.45, 7) is 5.22. The summed E-state index contributed by atoms with van der Waals surface area (Å²) in [5.74, 6) is 2.02. The summed E-state index contributed by atoms with van der Waals surface area (Å²) in [7, 11) is 0. The predicted molar refractivity (Wildman–Crippen MR) is 81.3 cm³/mol. The number of hydrogen-bond donors (Lipinski definition) is 1. The highest BCUT2D eigenvalue weighted by Crippen LogP contribution is 2.19. The zero-order valence-electron chi connectivity index (χ0n) is 11.7. The molecule has 0 saturated carbocycles. The fourth-order valence-electron chi connectivity index (χ4n) is 1.73. The van der Waals surface area contributed by atoms with Gasteiger partial charge in [-0.1, -0.05) is 36.7 Å². The fraction of sp³-hybridized carbons (Fsp3) is 0.333. The lowest BCUT2D eigenvalue weighted by Crippen LogP contribution is -2.05. The number of aromatic nitrogens is 2. The molecular weight excluding hydrogens is 274 g/mol. The zero-order valence-corrected chi connectivity index (χ0v) is 12.4. The van der Waals surface area contributed by atoms with Crippen molar-refractivity contribution in [2.75, 3.05) is 11.9 Å². The van der Waals surface area contributed by atoms with Crippen LogP contribution in [0.1, 0.15) is 24.7 Å². The van der Waals surface area contributed by atoms with Gasteiger partial charge in [-0.25, -0.2) is 4.98 Å². The van der Waals surface area contributed by atoms with Gasteiger partial charge in [0.25, 0.3) is 0 Å². The first-order chi connectivity index (χ1) is 9.69. The first kappa shape index (κ1) is 14.6. The van der Waals surface area contributed by atoms with Gasteiger partial charge in [0, 0.05) is 23.2 Å². The Hall–Kier alpha value is -1.81. The molecule has 0 radical (unpaired) electrons. The van der Waals surface area contributed by atoms with E-state index >= 15 is 0 Å². The number of benzene rings is 1. The Morgan fingerprint density at radius 2 is 2.05 bits per heavy atom. The third-order valence-corrected chi connectivity index (χ3v) is 3.07. The van der Waals surface area contributed by atoms with Gasteiger partial charge >= 0.3 is 0 Å². The number of halogens is 1. The Bertz CT molecular complexity index is 575. The monoisotopic (exact) mass is 291 g/mol. The summed E-state index contributed by atoms with van der Waals surface area (Å²) in [6.07, 6.45) is 1.04. The normalized spacial score (nSPS) is 10.3. The van der Waals surface area contributed by atoms with Crippen LogP contribution < -0.4 is 10.1 Å². The van der Waals surface area contributed by atoms with Gasteiger partial charge in [0.1, 0.15) is 18.2 Å². The van der Waals surface area contributed by atoms with Crippen LogP contribution in [0.3, 0.4) is 0 Å². The van der Waals surface area contributed by atoms with Gasteiger partial charge in [-0.05, 0) is 19.4 Å². The number of hydrogen-bond acceptors (Lipinski definition) is 4. The molecule has 0 aliphatic rings. The molecule has 0 spiro atoms. The van der Waals surface area contributed by atoms with Crippen LogP contribution >= 0.6 is 11.6 Å². The van der Waals surface area contributed by atoms with E-state index in [1.54, 1.807) is 6.07 Å². The minimum absolute atomic E-state index is 0.392. The van der Waals surface area contributed by atoms with Gasteiger partial charge in [0.05, 0.1) is 0 Å². The number of ether oxygens (including phenoxy) is 1. The van der Waals surface area contributed by atoms with Crippen molar-refractivity contribution in [3.8, 4) is 5.88 Å². The zero-order chi connectivity index (χ0) is 14.4. The molecule has 0 unspecified atom stereocenters. The molecule has 0 atom stereocenters.